The van der Waals surface area contributed by atoms with E-state index in [1.807, 2.05) is 23.1 Å². The van der Waals surface area contributed by atoms with Crippen molar-refractivity contribution in [1.82, 2.24) is 20.0 Å². The van der Waals surface area contributed by atoms with E-state index in [0.29, 0.717) is 37.1 Å². The van der Waals surface area contributed by atoms with Crippen LogP contribution in [0.1, 0.15) is 44.0 Å². The highest BCUT2D eigenvalue weighted by atomic mass is 16.5. The SMILES string of the molecule is CCN(CC)C1CCN(C(=O)CCc2nnc(Cc3cc(OC)ccc3OC)o2)C1. The van der Waals surface area contributed by atoms with Crippen LogP contribution in [0.5, 0.6) is 11.5 Å². The Bertz CT molecular complexity index is 834. The Kier molecular flexibility index (Phi) is 7.68. The highest BCUT2D eigenvalue weighted by Crippen LogP contribution is 2.26. The first-order valence-corrected chi connectivity index (χ1v) is 10.6. The van der Waals surface area contributed by atoms with Crippen molar-refractivity contribution >= 4 is 5.91 Å². The fourth-order valence-corrected chi connectivity index (χ4v) is 4.02. The van der Waals surface area contributed by atoms with Gasteiger partial charge in [-0.05, 0) is 37.7 Å². The van der Waals surface area contributed by atoms with Gasteiger partial charge in [-0.2, -0.15) is 0 Å². The van der Waals surface area contributed by atoms with Gasteiger partial charge in [0.15, 0.2) is 0 Å². The van der Waals surface area contributed by atoms with Crippen LogP contribution in [0.3, 0.4) is 0 Å². The summed E-state index contributed by atoms with van der Waals surface area (Å²) in [6.07, 6.45) is 2.32. The number of hydrogen-bond acceptors (Lipinski definition) is 7. The van der Waals surface area contributed by atoms with Crippen molar-refractivity contribution in [2.75, 3.05) is 40.4 Å². The van der Waals surface area contributed by atoms with Crippen LogP contribution in [0.25, 0.3) is 0 Å². The van der Waals surface area contributed by atoms with Crippen molar-refractivity contribution in [3.8, 4) is 11.5 Å². The number of carbonyl (C=O) groups is 1. The van der Waals surface area contributed by atoms with Crippen LogP contribution in [0.4, 0.5) is 0 Å². The molecule has 1 amide bonds. The van der Waals surface area contributed by atoms with Crippen molar-refractivity contribution in [3.63, 3.8) is 0 Å². The average molecular weight is 417 g/mol. The number of carbonyl (C=O) groups excluding carboxylic acids is 1. The summed E-state index contributed by atoms with van der Waals surface area (Å²) in [4.78, 5) is 17.0. The Balaban J connectivity index is 1.53. The van der Waals surface area contributed by atoms with Crippen molar-refractivity contribution in [2.24, 2.45) is 0 Å². The minimum absolute atomic E-state index is 0.152. The molecule has 1 unspecified atom stereocenters. The monoisotopic (exact) mass is 416 g/mol. The van der Waals surface area contributed by atoms with Gasteiger partial charge in [0.05, 0.1) is 20.6 Å². The first-order valence-electron chi connectivity index (χ1n) is 10.6. The fourth-order valence-electron chi connectivity index (χ4n) is 4.02. The van der Waals surface area contributed by atoms with E-state index in [4.69, 9.17) is 13.9 Å². The van der Waals surface area contributed by atoms with Gasteiger partial charge in [0, 0.05) is 37.5 Å². The Hall–Kier alpha value is -2.61. The van der Waals surface area contributed by atoms with Crippen LogP contribution < -0.4 is 9.47 Å². The molecule has 0 bridgehead atoms. The lowest BCUT2D eigenvalue weighted by Crippen LogP contribution is -2.38. The maximum Gasteiger partial charge on any atom is 0.223 e. The first kappa shape index (κ1) is 22.1. The van der Waals surface area contributed by atoms with Gasteiger partial charge in [-0.3, -0.25) is 9.69 Å². The summed E-state index contributed by atoms with van der Waals surface area (Å²) in [5.41, 5.74) is 0.905. The largest absolute Gasteiger partial charge is 0.497 e. The van der Waals surface area contributed by atoms with Gasteiger partial charge < -0.3 is 18.8 Å². The van der Waals surface area contributed by atoms with E-state index < -0.39 is 0 Å². The number of nitrogens with zero attached hydrogens (tertiary/aromatic N) is 4. The molecule has 1 saturated heterocycles. The van der Waals surface area contributed by atoms with Gasteiger partial charge in [-0.1, -0.05) is 13.8 Å². The summed E-state index contributed by atoms with van der Waals surface area (Å²) in [7, 11) is 3.25. The zero-order valence-corrected chi connectivity index (χ0v) is 18.4. The summed E-state index contributed by atoms with van der Waals surface area (Å²) in [6, 6.07) is 6.06. The minimum atomic E-state index is 0.152. The number of likely N-dealkylation sites (tertiary alicyclic amines) is 1. The van der Waals surface area contributed by atoms with E-state index in [-0.39, 0.29) is 5.91 Å². The molecule has 164 valence electrons. The molecule has 1 fully saturated rings. The molecule has 8 nitrogen and oxygen atoms in total. The summed E-state index contributed by atoms with van der Waals surface area (Å²) < 4.78 is 16.5. The van der Waals surface area contributed by atoms with E-state index in [2.05, 4.69) is 28.9 Å². The third-order valence-corrected chi connectivity index (χ3v) is 5.74. The topological polar surface area (TPSA) is 80.9 Å². The van der Waals surface area contributed by atoms with E-state index >= 15 is 0 Å². The zero-order chi connectivity index (χ0) is 21.5. The van der Waals surface area contributed by atoms with E-state index in [0.717, 1.165) is 49.7 Å². The summed E-state index contributed by atoms with van der Waals surface area (Å²) in [6.45, 7) is 8.01. The molecule has 0 radical (unpaired) electrons. The number of benzene rings is 1. The second-order valence-corrected chi connectivity index (χ2v) is 7.45. The summed E-state index contributed by atoms with van der Waals surface area (Å²) in [5.74, 6) is 2.61. The standard InChI is InChI=1S/C22H32N4O4/c1-5-25(6-2)17-11-12-26(15-17)22(27)10-9-20-23-24-21(30-20)14-16-13-18(28-3)7-8-19(16)29-4/h7-8,13,17H,5-6,9-12,14-15H2,1-4H3. The molecular weight excluding hydrogens is 384 g/mol. The van der Waals surface area contributed by atoms with Crippen molar-refractivity contribution in [3.05, 3.63) is 35.5 Å². The smallest absolute Gasteiger partial charge is 0.223 e. The van der Waals surface area contributed by atoms with Crippen LogP contribution in [-0.2, 0) is 17.6 Å². The minimum Gasteiger partial charge on any atom is -0.497 e. The Morgan fingerprint density at radius 3 is 2.67 bits per heavy atom. The van der Waals surface area contributed by atoms with Crippen LogP contribution in [0.2, 0.25) is 0 Å². The van der Waals surface area contributed by atoms with E-state index in [1.165, 1.54) is 0 Å². The van der Waals surface area contributed by atoms with Gasteiger partial charge in [-0.25, -0.2) is 0 Å². The summed E-state index contributed by atoms with van der Waals surface area (Å²) in [5, 5.41) is 8.24. The normalized spacial score (nSPS) is 16.3. The molecule has 0 saturated carbocycles. The van der Waals surface area contributed by atoms with E-state index in [9.17, 15) is 4.79 Å². The molecule has 0 N–H and O–H groups in total. The molecule has 0 spiro atoms. The molecule has 1 aromatic heterocycles. The molecule has 1 atom stereocenters. The fraction of sp³-hybridized carbons (Fsp3) is 0.591. The molecule has 8 heteroatoms. The molecule has 1 aliphatic rings. The van der Waals surface area contributed by atoms with Crippen molar-refractivity contribution in [1.29, 1.82) is 0 Å². The Labute approximate surface area is 178 Å². The molecule has 2 heterocycles. The first-order chi connectivity index (χ1) is 14.6. The maximum absolute atomic E-state index is 12.6. The van der Waals surface area contributed by atoms with Gasteiger partial charge >= 0.3 is 0 Å². The number of rotatable bonds is 10. The quantitative estimate of drug-likeness (QED) is 0.589. The second kappa shape index (κ2) is 10.4. The lowest BCUT2D eigenvalue weighted by atomic mass is 10.1. The third-order valence-electron chi connectivity index (χ3n) is 5.74. The predicted octanol–water partition coefficient (Wildman–Crippen LogP) is 2.55. The number of ether oxygens (including phenoxy) is 2. The van der Waals surface area contributed by atoms with Crippen LogP contribution in [0.15, 0.2) is 22.6 Å². The number of hydrogen-bond donors (Lipinski definition) is 0. The van der Waals surface area contributed by atoms with Gasteiger partial charge in [0.1, 0.15) is 11.5 Å². The second-order valence-electron chi connectivity index (χ2n) is 7.45. The van der Waals surface area contributed by atoms with Crippen molar-refractivity contribution < 1.29 is 18.7 Å². The Morgan fingerprint density at radius 1 is 1.20 bits per heavy atom. The molecule has 3 rings (SSSR count). The molecule has 30 heavy (non-hydrogen) atoms. The van der Waals surface area contributed by atoms with Gasteiger partial charge in [0.2, 0.25) is 17.7 Å². The number of aryl methyl sites for hydroxylation is 1. The lowest BCUT2D eigenvalue weighted by Gasteiger charge is -2.26. The van der Waals surface area contributed by atoms with Crippen molar-refractivity contribution in [2.45, 2.75) is 45.6 Å². The highest BCUT2D eigenvalue weighted by Gasteiger charge is 2.29. The number of methoxy groups -OCH3 is 2. The molecule has 2 aromatic rings. The predicted molar refractivity (Wildman–Crippen MR) is 113 cm³/mol. The lowest BCUT2D eigenvalue weighted by molar-refractivity contribution is -0.130. The Morgan fingerprint density at radius 2 is 1.97 bits per heavy atom. The molecular formula is C22H32N4O4. The molecule has 1 aromatic carbocycles. The van der Waals surface area contributed by atoms with Gasteiger partial charge in [-0.15, -0.1) is 10.2 Å². The van der Waals surface area contributed by atoms with Gasteiger partial charge in [0.25, 0.3) is 0 Å². The number of likely N-dealkylation sites (N-methyl/N-ethyl adjacent to an activating group) is 1. The molecule has 1 aliphatic heterocycles. The van der Waals surface area contributed by atoms with E-state index in [1.54, 1.807) is 14.2 Å². The third kappa shape index (κ3) is 5.30. The average Bonchev–Trinajstić information content (AvgIpc) is 3.43. The molecule has 0 aliphatic carbocycles. The zero-order valence-electron chi connectivity index (χ0n) is 18.4. The van der Waals surface area contributed by atoms with Crippen LogP contribution in [0, 0.1) is 0 Å². The number of aromatic nitrogens is 2. The maximum atomic E-state index is 12.6. The van der Waals surface area contributed by atoms with Crippen LogP contribution >= 0.6 is 0 Å². The summed E-state index contributed by atoms with van der Waals surface area (Å²) >= 11 is 0. The highest BCUT2D eigenvalue weighted by molar-refractivity contribution is 5.76. The van der Waals surface area contributed by atoms with Crippen LogP contribution in [-0.4, -0.2) is 72.3 Å². The number of amides is 1.